The van der Waals surface area contributed by atoms with Crippen LogP contribution in [-0.4, -0.2) is 5.78 Å². The monoisotopic (exact) mass is 171 g/mol. The predicted octanol–water partition coefficient (Wildman–Crippen LogP) is 2.34. The molecule has 0 amide bonds. The summed E-state index contributed by atoms with van der Waals surface area (Å²) in [6.07, 6.45) is 0.112. The predicted molar refractivity (Wildman–Crippen MR) is 50.1 cm³/mol. The van der Waals surface area contributed by atoms with Gasteiger partial charge in [-0.15, -0.1) is 0 Å². The number of hydrogen-bond donors (Lipinski definition) is 0. The lowest BCUT2D eigenvalue weighted by Crippen LogP contribution is -1.98. The molecular formula is C11H9NO. The van der Waals surface area contributed by atoms with E-state index in [9.17, 15) is 4.79 Å². The van der Waals surface area contributed by atoms with Crippen LogP contribution in [0, 0.1) is 11.3 Å². The van der Waals surface area contributed by atoms with Gasteiger partial charge in [0.1, 0.15) is 0 Å². The molecule has 0 atom stereocenters. The molecule has 2 heteroatoms. The second-order valence-electron chi connectivity index (χ2n) is 2.68. The van der Waals surface area contributed by atoms with E-state index in [2.05, 4.69) is 6.58 Å². The molecule has 2 nitrogen and oxygen atoms in total. The summed E-state index contributed by atoms with van der Waals surface area (Å²) in [5.74, 6) is -0.0628. The maximum absolute atomic E-state index is 11.4. The minimum atomic E-state index is -0.0628. The number of Topliss-reactive ketones (excluding diaryl/α,β-unsaturated/α-hetero) is 1. The first-order chi connectivity index (χ1) is 6.24. The average Bonchev–Trinajstić information content (AvgIpc) is 2.19. The Morgan fingerprint density at radius 1 is 1.38 bits per heavy atom. The van der Waals surface area contributed by atoms with Crippen molar-refractivity contribution in [3.05, 3.63) is 48.0 Å². The largest absolute Gasteiger partial charge is 0.294 e. The number of benzene rings is 1. The number of carbonyl (C=O) groups excluding carboxylic acids is 1. The Bertz CT molecular complexity index is 359. The molecule has 0 saturated heterocycles. The smallest absolute Gasteiger partial charge is 0.167 e. The molecule has 0 bridgehead atoms. The van der Waals surface area contributed by atoms with Gasteiger partial charge in [-0.25, -0.2) is 0 Å². The van der Waals surface area contributed by atoms with E-state index in [0.717, 1.165) is 0 Å². The molecule has 64 valence electrons. The van der Waals surface area contributed by atoms with E-state index < -0.39 is 0 Å². The lowest BCUT2D eigenvalue weighted by molar-refractivity contribution is 0.0994. The van der Waals surface area contributed by atoms with Gasteiger partial charge >= 0.3 is 0 Å². The zero-order chi connectivity index (χ0) is 9.68. The van der Waals surface area contributed by atoms with Crippen LogP contribution >= 0.6 is 0 Å². The summed E-state index contributed by atoms with van der Waals surface area (Å²) in [5.41, 5.74) is 0.924. The normalized spacial score (nSPS) is 8.85. The highest BCUT2D eigenvalue weighted by Crippen LogP contribution is 2.06. The molecule has 0 aliphatic carbocycles. The van der Waals surface area contributed by atoms with Crippen molar-refractivity contribution >= 4 is 5.78 Å². The fourth-order valence-electron chi connectivity index (χ4n) is 0.959. The number of nitriles is 1. The summed E-state index contributed by atoms with van der Waals surface area (Å²) in [6.45, 7) is 3.46. The Balaban J connectivity index is 2.71. The van der Waals surface area contributed by atoms with Gasteiger partial charge in [-0.05, 0) is 0 Å². The van der Waals surface area contributed by atoms with Gasteiger partial charge in [0, 0.05) is 17.6 Å². The van der Waals surface area contributed by atoms with Crippen molar-refractivity contribution in [2.24, 2.45) is 0 Å². The van der Waals surface area contributed by atoms with Crippen LogP contribution in [0.3, 0.4) is 0 Å². The summed E-state index contributed by atoms with van der Waals surface area (Å²) in [4.78, 5) is 11.4. The third-order valence-electron chi connectivity index (χ3n) is 1.63. The molecule has 0 unspecified atom stereocenters. The van der Waals surface area contributed by atoms with Crippen molar-refractivity contribution in [2.75, 3.05) is 0 Å². The molecule has 1 rings (SSSR count). The van der Waals surface area contributed by atoms with Crippen LogP contribution in [0.2, 0.25) is 0 Å². The SMILES string of the molecule is C=C(C#N)CC(=O)c1ccccc1. The van der Waals surface area contributed by atoms with Crippen LogP contribution in [0.5, 0.6) is 0 Å². The molecule has 0 fully saturated rings. The van der Waals surface area contributed by atoms with E-state index in [0.29, 0.717) is 11.1 Å². The highest BCUT2D eigenvalue weighted by Gasteiger charge is 2.05. The standard InChI is InChI=1S/C11H9NO/c1-9(8-12)7-11(13)10-5-3-2-4-6-10/h2-6H,1,7H2. The molecule has 0 aromatic heterocycles. The van der Waals surface area contributed by atoms with Gasteiger partial charge in [0.25, 0.3) is 0 Å². The average molecular weight is 171 g/mol. The van der Waals surface area contributed by atoms with Crippen LogP contribution in [0.25, 0.3) is 0 Å². The number of ketones is 1. The molecule has 0 heterocycles. The first kappa shape index (κ1) is 9.21. The fourth-order valence-corrected chi connectivity index (χ4v) is 0.959. The fraction of sp³-hybridized carbons (Fsp3) is 0.0909. The van der Waals surface area contributed by atoms with Crippen LogP contribution in [0.15, 0.2) is 42.5 Å². The highest BCUT2D eigenvalue weighted by atomic mass is 16.1. The van der Waals surface area contributed by atoms with Gasteiger partial charge in [0.05, 0.1) is 6.07 Å². The second-order valence-corrected chi connectivity index (χ2v) is 2.68. The minimum absolute atomic E-state index is 0.0628. The number of rotatable bonds is 3. The number of hydrogen-bond acceptors (Lipinski definition) is 2. The van der Waals surface area contributed by atoms with E-state index in [1.807, 2.05) is 12.1 Å². The summed E-state index contributed by atoms with van der Waals surface area (Å²) in [6, 6.07) is 10.7. The maximum atomic E-state index is 11.4. The minimum Gasteiger partial charge on any atom is -0.294 e. The Morgan fingerprint density at radius 3 is 2.54 bits per heavy atom. The van der Waals surface area contributed by atoms with Gasteiger partial charge < -0.3 is 0 Å². The summed E-state index contributed by atoms with van der Waals surface area (Å²) in [5, 5.41) is 8.43. The summed E-state index contributed by atoms with van der Waals surface area (Å²) < 4.78 is 0. The maximum Gasteiger partial charge on any atom is 0.167 e. The van der Waals surface area contributed by atoms with Crippen molar-refractivity contribution in [3.8, 4) is 6.07 Å². The number of carbonyl (C=O) groups is 1. The quantitative estimate of drug-likeness (QED) is 0.517. The molecule has 0 spiro atoms. The van der Waals surface area contributed by atoms with Gasteiger partial charge in [-0.1, -0.05) is 36.9 Å². The molecule has 1 aromatic rings. The van der Waals surface area contributed by atoms with E-state index in [1.165, 1.54) is 0 Å². The molecule has 0 radical (unpaired) electrons. The Labute approximate surface area is 77.1 Å². The van der Waals surface area contributed by atoms with E-state index in [-0.39, 0.29) is 12.2 Å². The Hall–Kier alpha value is -1.88. The zero-order valence-electron chi connectivity index (χ0n) is 7.16. The lowest BCUT2D eigenvalue weighted by Gasteiger charge is -1.97. The van der Waals surface area contributed by atoms with Gasteiger partial charge in [0.15, 0.2) is 5.78 Å². The lowest BCUT2D eigenvalue weighted by atomic mass is 10.1. The number of nitrogens with zero attached hydrogens (tertiary/aromatic N) is 1. The van der Waals surface area contributed by atoms with Gasteiger partial charge in [0.2, 0.25) is 0 Å². The van der Waals surface area contributed by atoms with E-state index in [1.54, 1.807) is 24.3 Å². The van der Waals surface area contributed by atoms with Crippen LogP contribution in [0.1, 0.15) is 16.8 Å². The third-order valence-corrected chi connectivity index (χ3v) is 1.63. The molecule has 0 saturated carbocycles. The van der Waals surface area contributed by atoms with Crippen LogP contribution < -0.4 is 0 Å². The Morgan fingerprint density at radius 2 is 2.00 bits per heavy atom. The first-order valence-corrected chi connectivity index (χ1v) is 3.90. The zero-order valence-corrected chi connectivity index (χ0v) is 7.16. The van der Waals surface area contributed by atoms with Crippen molar-refractivity contribution < 1.29 is 4.79 Å². The molecule has 1 aromatic carbocycles. The van der Waals surface area contributed by atoms with Crippen LogP contribution in [0.4, 0.5) is 0 Å². The summed E-state index contributed by atoms with van der Waals surface area (Å²) in [7, 11) is 0. The van der Waals surface area contributed by atoms with Crippen molar-refractivity contribution in [1.82, 2.24) is 0 Å². The van der Waals surface area contributed by atoms with Gasteiger partial charge in [-0.2, -0.15) is 5.26 Å². The van der Waals surface area contributed by atoms with Gasteiger partial charge in [-0.3, -0.25) is 4.79 Å². The highest BCUT2D eigenvalue weighted by molar-refractivity contribution is 5.97. The van der Waals surface area contributed by atoms with E-state index in [4.69, 9.17) is 5.26 Å². The molecule has 0 aliphatic rings. The van der Waals surface area contributed by atoms with Crippen molar-refractivity contribution in [2.45, 2.75) is 6.42 Å². The van der Waals surface area contributed by atoms with Crippen molar-refractivity contribution in [1.29, 1.82) is 5.26 Å². The number of allylic oxidation sites excluding steroid dienone is 1. The van der Waals surface area contributed by atoms with Crippen LogP contribution in [-0.2, 0) is 0 Å². The molecule has 0 aliphatic heterocycles. The third kappa shape index (κ3) is 2.57. The molecule has 13 heavy (non-hydrogen) atoms. The van der Waals surface area contributed by atoms with E-state index >= 15 is 0 Å². The topological polar surface area (TPSA) is 40.9 Å². The Kier molecular flexibility index (Phi) is 2.99. The first-order valence-electron chi connectivity index (χ1n) is 3.90. The summed E-state index contributed by atoms with van der Waals surface area (Å²) >= 11 is 0. The molecular weight excluding hydrogens is 162 g/mol. The second kappa shape index (κ2) is 4.22. The molecule has 0 N–H and O–H groups in total. The van der Waals surface area contributed by atoms with Crippen molar-refractivity contribution in [3.63, 3.8) is 0 Å².